The summed E-state index contributed by atoms with van der Waals surface area (Å²) < 4.78 is 28.2. The van der Waals surface area contributed by atoms with Crippen molar-refractivity contribution in [1.82, 2.24) is 35.7 Å². The summed E-state index contributed by atoms with van der Waals surface area (Å²) in [6.07, 6.45) is 5.54. The molecule has 5 heterocycles. The van der Waals surface area contributed by atoms with Crippen molar-refractivity contribution in [3.8, 4) is 11.4 Å². The number of amides is 6. The lowest BCUT2D eigenvalue weighted by Crippen LogP contribution is -2.54. The molecule has 7 aromatic rings. The van der Waals surface area contributed by atoms with E-state index in [0.29, 0.717) is 102 Å². The number of nitrogens with one attached hydrogen (secondary N) is 5. The number of cyclic esters (lactones) is 1. The second-order valence-electron chi connectivity index (χ2n) is 24.9. The van der Waals surface area contributed by atoms with Gasteiger partial charge >= 0.3 is 12.1 Å². The molecule has 1 aliphatic carbocycles. The maximum atomic E-state index is 15.6. The summed E-state index contributed by atoms with van der Waals surface area (Å²) in [5.74, 6) is -3.72. The number of carbonyl (C=O) groups is 7. The molecule has 20 heteroatoms. The number of unbranched alkanes of at least 4 members (excludes halogenated alkanes) is 3. The molecule has 11 rings (SSSR count). The number of rotatable bonds is 25. The second kappa shape index (κ2) is 27.7. The Morgan fingerprint density at radius 3 is 2.14 bits per heavy atom. The van der Waals surface area contributed by atoms with Gasteiger partial charge in [0.25, 0.3) is 17.4 Å². The van der Waals surface area contributed by atoms with Gasteiger partial charge in [0.2, 0.25) is 17.7 Å². The van der Waals surface area contributed by atoms with Crippen LogP contribution in [0.2, 0.25) is 0 Å². The van der Waals surface area contributed by atoms with Crippen molar-refractivity contribution in [3.63, 3.8) is 0 Å². The lowest BCUT2D eigenvalue weighted by Gasteiger charge is -2.37. The van der Waals surface area contributed by atoms with Crippen molar-refractivity contribution >= 4 is 58.2 Å². The molecule has 0 radical (unpaired) electrons. The number of esters is 1. The standard InChI is InChI=1S/C73H77FN8O11/c1-6-72(91)54-38-59-66-52(40-82(59)69(88)53(54)42-92-70(72)89)64-56(33-32-51-45(5)55(74)39-58(77-66)63(51)64)79-71(90)93-41-46-26-30-50(31-27-46)76-67(86)57(78-68(87)65(43(2)3)80-60(83)23-14-9-17-37-81-61(84)34-35-62(81)85)22-15-16-36-75-73(47-18-10-7-11-19-47,48-20-12-8-13-21-48)49-28-24-44(4)25-29-49/h7-8,10-13,18-21,24-31,34-35,38-39,43,56-57,65,75,91H,6,9,14-17,22-23,32-33,36-37,40-42H2,1-5H3,(H,76,86)(H,78,87)(H,79,90)(H,80,83)/t56-,57-,65-,72-/m0/s1. The van der Waals surface area contributed by atoms with Crippen molar-refractivity contribution < 1.29 is 52.5 Å². The van der Waals surface area contributed by atoms with Crippen LogP contribution in [-0.4, -0.2) is 86.3 Å². The predicted octanol–water partition coefficient (Wildman–Crippen LogP) is 9.55. The number of imide groups is 1. The van der Waals surface area contributed by atoms with Gasteiger partial charge in [0.1, 0.15) is 31.1 Å². The topological polar surface area (TPSA) is 256 Å². The van der Waals surface area contributed by atoms with Crippen molar-refractivity contribution in [2.75, 3.05) is 18.4 Å². The highest BCUT2D eigenvalue weighted by Crippen LogP contribution is 2.46. The minimum Gasteiger partial charge on any atom is -0.458 e. The van der Waals surface area contributed by atoms with Gasteiger partial charge in [0.05, 0.1) is 40.6 Å². The van der Waals surface area contributed by atoms with Crippen LogP contribution in [0.25, 0.3) is 22.3 Å². The molecule has 482 valence electrons. The molecule has 2 aromatic heterocycles. The number of carbonyl (C=O) groups excluding carboxylic acids is 7. The number of anilines is 1. The molecule has 5 aromatic carbocycles. The summed E-state index contributed by atoms with van der Waals surface area (Å²) in [4.78, 5) is 113. The number of nitrogens with zero attached hydrogens (tertiary/aromatic N) is 3. The van der Waals surface area contributed by atoms with E-state index >= 15 is 4.39 Å². The minimum atomic E-state index is -2.05. The van der Waals surface area contributed by atoms with Gasteiger partial charge in [-0.05, 0) is 135 Å². The lowest BCUT2D eigenvalue weighted by atomic mass is 9.76. The number of hydrogen-bond donors (Lipinski definition) is 6. The molecule has 0 saturated heterocycles. The Labute approximate surface area is 538 Å². The van der Waals surface area contributed by atoms with Gasteiger partial charge in [0, 0.05) is 53.4 Å². The maximum Gasteiger partial charge on any atom is 0.407 e. The van der Waals surface area contributed by atoms with Crippen LogP contribution in [0.4, 0.5) is 14.9 Å². The number of aromatic nitrogens is 2. The summed E-state index contributed by atoms with van der Waals surface area (Å²) in [6.45, 7) is 9.39. The quantitative estimate of drug-likeness (QED) is 0.0135. The van der Waals surface area contributed by atoms with E-state index in [9.17, 15) is 43.5 Å². The molecular weight excluding hydrogens is 1180 g/mol. The van der Waals surface area contributed by atoms with Crippen molar-refractivity contribution in [2.24, 2.45) is 5.92 Å². The second-order valence-corrected chi connectivity index (χ2v) is 24.9. The van der Waals surface area contributed by atoms with Crippen LogP contribution in [0.5, 0.6) is 0 Å². The molecule has 0 saturated carbocycles. The third-order valence-electron chi connectivity index (χ3n) is 18.6. The first kappa shape index (κ1) is 64.9. The molecule has 0 fully saturated rings. The van der Waals surface area contributed by atoms with Crippen LogP contribution >= 0.6 is 0 Å². The van der Waals surface area contributed by atoms with E-state index in [1.54, 1.807) is 44.2 Å². The monoisotopic (exact) mass is 1260 g/mol. The average molecular weight is 1260 g/mol. The van der Waals surface area contributed by atoms with E-state index in [1.165, 1.54) is 22.8 Å². The number of pyridine rings is 2. The molecule has 6 amide bonds. The van der Waals surface area contributed by atoms with E-state index in [4.69, 9.17) is 14.5 Å². The van der Waals surface area contributed by atoms with E-state index in [1.807, 2.05) is 50.2 Å². The van der Waals surface area contributed by atoms with E-state index in [2.05, 4.69) is 82.0 Å². The van der Waals surface area contributed by atoms with Gasteiger partial charge in [-0.1, -0.05) is 130 Å². The Morgan fingerprint density at radius 1 is 0.796 bits per heavy atom. The Morgan fingerprint density at radius 2 is 1.47 bits per heavy atom. The summed E-state index contributed by atoms with van der Waals surface area (Å²) in [6, 6.07) is 36.0. The first-order valence-electron chi connectivity index (χ1n) is 32.0. The molecule has 19 nitrogen and oxygen atoms in total. The molecule has 4 atom stereocenters. The van der Waals surface area contributed by atoms with E-state index < -0.39 is 64.5 Å². The number of aliphatic hydroxyl groups is 1. The molecule has 3 aliphatic heterocycles. The number of ether oxygens (including phenoxy) is 2. The van der Waals surface area contributed by atoms with Gasteiger partial charge in [-0.2, -0.15) is 0 Å². The van der Waals surface area contributed by atoms with E-state index in [0.717, 1.165) is 32.7 Å². The lowest BCUT2D eigenvalue weighted by molar-refractivity contribution is -0.172. The van der Waals surface area contributed by atoms with E-state index in [-0.39, 0.29) is 80.3 Å². The summed E-state index contributed by atoms with van der Waals surface area (Å²) in [5.41, 5.74) is 5.96. The molecule has 6 N–H and O–H groups in total. The Hall–Kier alpha value is -9.66. The Kier molecular flexibility index (Phi) is 19.3. The fourth-order valence-corrected chi connectivity index (χ4v) is 13.4. The molecule has 0 spiro atoms. The number of aryl methyl sites for hydroxylation is 2. The fraction of sp³-hybridized carbons (Fsp3) is 0.356. The van der Waals surface area contributed by atoms with Crippen LogP contribution in [-0.2, 0) is 75.6 Å². The predicted molar refractivity (Wildman–Crippen MR) is 348 cm³/mol. The molecule has 4 aliphatic rings. The largest absolute Gasteiger partial charge is 0.458 e. The zero-order valence-corrected chi connectivity index (χ0v) is 52.9. The highest BCUT2D eigenvalue weighted by molar-refractivity contribution is 6.12. The van der Waals surface area contributed by atoms with Crippen LogP contribution < -0.4 is 32.1 Å². The number of fused-ring (bicyclic) bond motifs is 5. The smallest absolute Gasteiger partial charge is 0.407 e. The number of benzene rings is 5. The van der Waals surface area contributed by atoms with Crippen LogP contribution in [0.15, 0.2) is 138 Å². The fourth-order valence-electron chi connectivity index (χ4n) is 13.4. The minimum absolute atomic E-state index is 0.0391. The molecule has 0 bridgehead atoms. The molecular formula is C73H77FN8O11. The van der Waals surface area contributed by atoms with Gasteiger partial charge in [-0.15, -0.1) is 0 Å². The summed E-state index contributed by atoms with van der Waals surface area (Å²) in [7, 11) is 0. The first-order valence-corrected chi connectivity index (χ1v) is 32.0. The van der Waals surface area contributed by atoms with Crippen molar-refractivity contribution in [2.45, 2.75) is 148 Å². The summed E-state index contributed by atoms with van der Waals surface area (Å²) >= 11 is 0. The van der Waals surface area contributed by atoms with Gasteiger partial charge < -0.3 is 40.4 Å². The zero-order chi connectivity index (χ0) is 65.7. The zero-order valence-electron chi connectivity index (χ0n) is 52.9. The third kappa shape index (κ3) is 13.2. The first-order chi connectivity index (χ1) is 44.8. The number of halogens is 1. The van der Waals surface area contributed by atoms with Crippen molar-refractivity contribution in [3.05, 3.63) is 211 Å². The normalized spacial score (nSPS) is 16.9. The number of alkyl carbamates (subject to hydrolysis) is 1. The summed E-state index contributed by atoms with van der Waals surface area (Å²) in [5, 5.41) is 27.9. The highest BCUT2D eigenvalue weighted by atomic mass is 19.1. The Balaban J connectivity index is 0.768. The SMILES string of the molecule is CC[C@@]1(O)C(=O)OCc2c1cc1n(c2=O)Cc2c-1nc1cc(F)c(C)c3c1c2[C@@H](NC(=O)OCc1ccc(NC(=O)[C@H](CCCCNC(c2ccccc2)(c2ccccc2)c2ccc(C)cc2)NC(=O)[C@@H](NC(=O)CCCCCN2C(=O)C=CC2=O)C(C)C)cc1)CC3. The maximum absolute atomic E-state index is 15.6. The van der Waals surface area contributed by atoms with Crippen LogP contribution in [0.3, 0.4) is 0 Å². The average Bonchev–Trinajstić information content (AvgIpc) is 1.63. The third-order valence-corrected chi connectivity index (χ3v) is 18.6. The number of hydrogen-bond acceptors (Lipinski definition) is 13. The van der Waals surface area contributed by atoms with Crippen molar-refractivity contribution in [1.29, 1.82) is 0 Å². The van der Waals surface area contributed by atoms with Gasteiger partial charge in [-0.3, -0.25) is 39.0 Å². The molecule has 93 heavy (non-hydrogen) atoms. The highest BCUT2D eigenvalue weighted by Gasteiger charge is 2.46. The van der Waals surface area contributed by atoms with Crippen LogP contribution in [0, 0.1) is 25.6 Å². The van der Waals surface area contributed by atoms with Gasteiger partial charge in [-0.25, -0.2) is 19.0 Å². The Bertz CT molecular complexity index is 4080. The van der Waals surface area contributed by atoms with Gasteiger partial charge in [0.15, 0.2) is 5.60 Å². The molecule has 0 unspecified atom stereocenters. The van der Waals surface area contributed by atoms with Crippen LogP contribution in [0.1, 0.15) is 146 Å².